The lowest BCUT2D eigenvalue weighted by molar-refractivity contribution is -0.309. The molecule has 1 aromatic rings. The van der Waals surface area contributed by atoms with Crippen LogP contribution in [0.5, 0.6) is 0 Å². The first-order chi connectivity index (χ1) is 8.90. The lowest BCUT2D eigenvalue weighted by Crippen LogP contribution is -2.48. The molecule has 1 N–H and O–H groups in total. The maximum atomic E-state index is 11.7. The van der Waals surface area contributed by atoms with Crippen LogP contribution in [0.1, 0.15) is 23.2 Å². The van der Waals surface area contributed by atoms with Gasteiger partial charge in [0.1, 0.15) is 0 Å². The Morgan fingerprint density at radius 1 is 1.16 bits per heavy atom. The third-order valence-electron chi connectivity index (χ3n) is 2.33. The van der Waals surface area contributed by atoms with Gasteiger partial charge in [-0.05, 0) is 37.1 Å². The van der Waals surface area contributed by atoms with Crippen LogP contribution in [-0.2, 0) is 9.59 Å². The van der Waals surface area contributed by atoms with Crippen LogP contribution in [0.4, 0.5) is 0 Å². The largest absolute Gasteiger partial charge is 0.550 e. The minimum atomic E-state index is -1.55. The average molecular weight is 284 g/mol. The van der Waals surface area contributed by atoms with Gasteiger partial charge in [0, 0.05) is 16.6 Å². The van der Waals surface area contributed by atoms with Crippen molar-refractivity contribution in [2.24, 2.45) is 0 Å². The van der Waals surface area contributed by atoms with Crippen LogP contribution in [0.15, 0.2) is 24.3 Å². The second-order valence-electron chi connectivity index (χ2n) is 3.76. The summed E-state index contributed by atoms with van der Waals surface area (Å²) < 4.78 is 0. The summed E-state index contributed by atoms with van der Waals surface area (Å²) in [6, 6.07) is 4.41. The van der Waals surface area contributed by atoms with Crippen molar-refractivity contribution < 1.29 is 24.6 Å². The lowest BCUT2D eigenvalue weighted by atomic mass is 10.1. The summed E-state index contributed by atoms with van der Waals surface area (Å²) >= 11 is 5.65. The number of carbonyl (C=O) groups excluding carboxylic acids is 3. The third-order valence-corrected chi connectivity index (χ3v) is 2.59. The molecular formula is C12H10ClNO5-2. The van der Waals surface area contributed by atoms with Gasteiger partial charge in [0.25, 0.3) is 5.91 Å². The predicted molar refractivity (Wildman–Crippen MR) is 62.0 cm³/mol. The fraction of sp³-hybridized carbons (Fsp3) is 0.250. The molecule has 0 heterocycles. The van der Waals surface area contributed by atoms with Gasteiger partial charge in [-0.25, -0.2) is 0 Å². The van der Waals surface area contributed by atoms with Gasteiger partial charge in [-0.15, -0.1) is 0 Å². The van der Waals surface area contributed by atoms with E-state index in [9.17, 15) is 24.6 Å². The van der Waals surface area contributed by atoms with Gasteiger partial charge in [0.2, 0.25) is 0 Å². The molecule has 0 aliphatic rings. The van der Waals surface area contributed by atoms with E-state index in [1.807, 2.05) is 0 Å². The Morgan fingerprint density at radius 2 is 1.74 bits per heavy atom. The van der Waals surface area contributed by atoms with Crippen LogP contribution in [0, 0.1) is 0 Å². The van der Waals surface area contributed by atoms with E-state index in [0.717, 1.165) is 0 Å². The number of carbonyl (C=O) groups is 3. The van der Waals surface area contributed by atoms with Crippen molar-refractivity contribution in [3.8, 4) is 0 Å². The van der Waals surface area contributed by atoms with E-state index in [2.05, 4.69) is 5.32 Å². The summed E-state index contributed by atoms with van der Waals surface area (Å²) in [7, 11) is 0. The van der Waals surface area contributed by atoms with E-state index in [0.29, 0.717) is 5.02 Å². The number of rotatable bonds is 6. The summed E-state index contributed by atoms with van der Waals surface area (Å²) in [6.45, 7) is 0. The van der Waals surface area contributed by atoms with E-state index in [-0.39, 0.29) is 12.0 Å². The maximum Gasteiger partial charge on any atom is 0.251 e. The summed E-state index contributed by atoms with van der Waals surface area (Å²) in [6.07, 6.45) is -0.788. The van der Waals surface area contributed by atoms with Crippen molar-refractivity contribution in [1.29, 1.82) is 0 Å². The molecule has 102 valence electrons. The molecule has 0 radical (unpaired) electrons. The van der Waals surface area contributed by atoms with Crippen molar-refractivity contribution >= 4 is 29.4 Å². The zero-order valence-electron chi connectivity index (χ0n) is 9.72. The standard InChI is InChI=1S/C12H12ClNO5/c13-8-3-1-7(2-4-8)11(17)14-9(12(18)19)5-6-10(15)16/h1-4,9H,5-6H2,(H,14,17)(H,15,16)(H,18,19)/p-2/t9-/m1/s1. The molecular weight excluding hydrogens is 274 g/mol. The number of nitrogens with one attached hydrogen (secondary N) is 1. The molecule has 1 rings (SSSR count). The predicted octanol–water partition coefficient (Wildman–Crippen LogP) is -1.28. The Balaban J connectivity index is 2.68. The van der Waals surface area contributed by atoms with Crippen molar-refractivity contribution in [3.63, 3.8) is 0 Å². The summed E-state index contributed by atoms with van der Waals surface area (Å²) in [5.41, 5.74) is 0.212. The fourth-order valence-corrected chi connectivity index (χ4v) is 1.48. The molecule has 0 aliphatic heterocycles. The summed E-state index contributed by atoms with van der Waals surface area (Å²) in [4.78, 5) is 32.7. The molecule has 0 saturated heterocycles. The average Bonchev–Trinajstić information content (AvgIpc) is 2.34. The number of amides is 1. The smallest absolute Gasteiger partial charge is 0.251 e. The van der Waals surface area contributed by atoms with Gasteiger partial charge in [0.05, 0.1) is 12.0 Å². The van der Waals surface area contributed by atoms with Gasteiger partial charge >= 0.3 is 0 Å². The molecule has 6 nitrogen and oxygen atoms in total. The Hall–Kier alpha value is -2.08. The topological polar surface area (TPSA) is 109 Å². The molecule has 0 aromatic heterocycles. The number of halogens is 1. The highest BCUT2D eigenvalue weighted by molar-refractivity contribution is 6.30. The van der Waals surface area contributed by atoms with E-state index in [1.165, 1.54) is 24.3 Å². The van der Waals surface area contributed by atoms with Gasteiger partial charge < -0.3 is 25.1 Å². The maximum absolute atomic E-state index is 11.7. The number of aliphatic carboxylic acids is 2. The molecule has 0 bridgehead atoms. The zero-order chi connectivity index (χ0) is 14.4. The van der Waals surface area contributed by atoms with Crippen LogP contribution < -0.4 is 15.5 Å². The Bertz CT molecular complexity index is 485. The highest BCUT2D eigenvalue weighted by atomic mass is 35.5. The van der Waals surface area contributed by atoms with Crippen LogP contribution in [-0.4, -0.2) is 23.9 Å². The minimum absolute atomic E-state index is 0.212. The highest BCUT2D eigenvalue weighted by Gasteiger charge is 2.14. The quantitative estimate of drug-likeness (QED) is 0.699. The SMILES string of the molecule is O=C([O-])CC[C@@H](NC(=O)c1ccc(Cl)cc1)C(=O)[O-]. The summed E-state index contributed by atoms with van der Waals surface area (Å²) in [5, 5.41) is 23.6. The summed E-state index contributed by atoms with van der Waals surface area (Å²) in [5.74, 6) is -3.60. The molecule has 1 atom stereocenters. The van der Waals surface area contributed by atoms with Gasteiger partial charge in [-0.1, -0.05) is 11.6 Å². The lowest BCUT2D eigenvalue weighted by Gasteiger charge is -2.19. The number of benzene rings is 1. The number of hydrogen-bond acceptors (Lipinski definition) is 5. The van der Waals surface area contributed by atoms with Crippen LogP contribution in [0.3, 0.4) is 0 Å². The monoisotopic (exact) mass is 283 g/mol. The Labute approximate surface area is 114 Å². The van der Waals surface area contributed by atoms with E-state index >= 15 is 0 Å². The van der Waals surface area contributed by atoms with Gasteiger partial charge in [-0.3, -0.25) is 4.79 Å². The van der Waals surface area contributed by atoms with Crippen molar-refractivity contribution in [2.75, 3.05) is 0 Å². The first kappa shape index (κ1) is 15.0. The Kier molecular flexibility index (Phi) is 5.32. The molecule has 0 saturated carbocycles. The second-order valence-corrected chi connectivity index (χ2v) is 4.20. The highest BCUT2D eigenvalue weighted by Crippen LogP contribution is 2.09. The minimum Gasteiger partial charge on any atom is -0.550 e. The zero-order valence-corrected chi connectivity index (χ0v) is 10.5. The second kappa shape index (κ2) is 6.75. The van der Waals surface area contributed by atoms with Crippen molar-refractivity contribution in [2.45, 2.75) is 18.9 Å². The number of carboxylic acid groups (broad SMARTS) is 2. The van der Waals surface area contributed by atoms with Gasteiger partial charge in [0.15, 0.2) is 0 Å². The first-order valence-corrected chi connectivity index (χ1v) is 5.75. The van der Waals surface area contributed by atoms with Crippen molar-refractivity contribution in [1.82, 2.24) is 5.32 Å². The molecule has 19 heavy (non-hydrogen) atoms. The first-order valence-electron chi connectivity index (χ1n) is 5.37. The molecule has 0 aliphatic carbocycles. The third kappa shape index (κ3) is 4.97. The van der Waals surface area contributed by atoms with Gasteiger partial charge in [-0.2, -0.15) is 0 Å². The van der Waals surface area contributed by atoms with E-state index in [1.54, 1.807) is 0 Å². The Morgan fingerprint density at radius 3 is 2.21 bits per heavy atom. The molecule has 0 unspecified atom stereocenters. The molecule has 7 heteroatoms. The fourth-order valence-electron chi connectivity index (χ4n) is 1.35. The number of hydrogen-bond donors (Lipinski definition) is 1. The van der Waals surface area contributed by atoms with Crippen LogP contribution in [0.25, 0.3) is 0 Å². The van der Waals surface area contributed by atoms with Crippen molar-refractivity contribution in [3.05, 3.63) is 34.9 Å². The molecule has 1 aromatic carbocycles. The molecule has 0 fully saturated rings. The van der Waals surface area contributed by atoms with E-state index < -0.39 is 30.3 Å². The number of carboxylic acids is 2. The normalized spacial score (nSPS) is 11.6. The molecule has 1 amide bonds. The molecule has 0 spiro atoms. The van der Waals surface area contributed by atoms with Crippen LogP contribution in [0.2, 0.25) is 5.02 Å². The van der Waals surface area contributed by atoms with E-state index in [4.69, 9.17) is 11.6 Å². The van der Waals surface area contributed by atoms with Crippen LogP contribution >= 0.6 is 11.6 Å².